The van der Waals surface area contributed by atoms with Crippen molar-refractivity contribution in [2.45, 2.75) is 64.6 Å². The van der Waals surface area contributed by atoms with Crippen LogP contribution in [-0.4, -0.2) is 51.8 Å². The van der Waals surface area contributed by atoms with E-state index in [2.05, 4.69) is 25.8 Å². The van der Waals surface area contributed by atoms with Crippen LogP contribution in [0.4, 0.5) is 0 Å². The molecule has 9 nitrogen and oxygen atoms in total. The van der Waals surface area contributed by atoms with Gasteiger partial charge in [-0.25, -0.2) is 4.98 Å². The van der Waals surface area contributed by atoms with Crippen LogP contribution < -0.4 is 10.6 Å². The van der Waals surface area contributed by atoms with E-state index in [0.717, 1.165) is 37.9 Å². The molecule has 2 atom stereocenters. The van der Waals surface area contributed by atoms with Gasteiger partial charge in [0, 0.05) is 23.8 Å². The van der Waals surface area contributed by atoms with E-state index >= 15 is 0 Å². The summed E-state index contributed by atoms with van der Waals surface area (Å²) in [7, 11) is 0. The standard InChI is InChI=1S/C25H31N5O4/c1-4-18(5-2)28-24(32)22-14-26-25(34-22)17-9-6-8-16(12-17)19-13-20(30-29-19)23(31)27-15(3)21-10-7-11-33-21/h6,8-9,12-15,18,21H,4-5,7,10-11H2,1-3H3,(H,27,31)(H,28,32)(H,29,30)/t15-,21+/m0/s1. The Morgan fingerprint density at radius 1 is 1.15 bits per heavy atom. The summed E-state index contributed by atoms with van der Waals surface area (Å²) >= 11 is 0. The molecule has 1 aromatic carbocycles. The highest BCUT2D eigenvalue weighted by Gasteiger charge is 2.24. The number of H-pyrrole nitrogens is 1. The zero-order valence-corrected chi connectivity index (χ0v) is 19.8. The summed E-state index contributed by atoms with van der Waals surface area (Å²) < 4.78 is 11.4. The van der Waals surface area contributed by atoms with Crippen molar-refractivity contribution in [1.82, 2.24) is 25.8 Å². The van der Waals surface area contributed by atoms with Crippen molar-refractivity contribution >= 4 is 11.8 Å². The number of benzene rings is 1. The van der Waals surface area contributed by atoms with Gasteiger partial charge in [0.25, 0.3) is 11.8 Å². The van der Waals surface area contributed by atoms with Gasteiger partial charge in [0.15, 0.2) is 0 Å². The molecular formula is C25H31N5O4. The first-order valence-corrected chi connectivity index (χ1v) is 11.8. The minimum absolute atomic E-state index is 0.0469. The Kier molecular flexibility index (Phi) is 7.42. The molecule has 1 saturated heterocycles. The number of nitrogens with zero attached hydrogens (tertiary/aromatic N) is 2. The molecule has 0 unspecified atom stereocenters. The molecule has 0 radical (unpaired) electrons. The molecule has 2 aromatic heterocycles. The summed E-state index contributed by atoms with van der Waals surface area (Å²) in [6.45, 7) is 6.75. The highest BCUT2D eigenvalue weighted by Crippen LogP contribution is 2.26. The topological polar surface area (TPSA) is 122 Å². The summed E-state index contributed by atoms with van der Waals surface area (Å²) in [6, 6.07) is 9.19. The van der Waals surface area contributed by atoms with Gasteiger partial charge in [0.05, 0.1) is 24.0 Å². The van der Waals surface area contributed by atoms with Gasteiger partial charge >= 0.3 is 0 Å². The van der Waals surface area contributed by atoms with Crippen molar-refractivity contribution in [3.05, 3.63) is 48.0 Å². The molecule has 0 spiro atoms. The number of aromatic amines is 1. The second-order valence-corrected chi connectivity index (χ2v) is 8.58. The van der Waals surface area contributed by atoms with Gasteiger partial charge in [-0.05, 0) is 50.8 Å². The largest absolute Gasteiger partial charge is 0.431 e. The van der Waals surface area contributed by atoms with E-state index in [0.29, 0.717) is 22.8 Å². The Morgan fingerprint density at radius 2 is 1.94 bits per heavy atom. The number of carbonyl (C=O) groups is 2. The normalized spacial score (nSPS) is 16.5. The fraction of sp³-hybridized carbons (Fsp3) is 0.440. The maximum Gasteiger partial charge on any atom is 0.288 e. The summed E-state index contributed by atoms with van der Waals surface area (Å²) in [5, 5.41) is 13.0. The van der Waals surface area contributed by atoms with Gasteiger partial charge in [-0.3, -0.25) is 14.7 Å². The van der Waals surface area contributed by atoms with E-state index in [9.17, 15) is 9.59 Å². The molecule has 3 aromatic rings. The second kappa shape index (κ2) is 10.6. The Hall–Kier alpha value is -3.46. The lowest BCUT2D eigenvalue weighted by Crippen LogP contribution is -2.40. The number of ether oxygens (including phenoxy) is 1. The number of oxazole rings is 1. The molecule has 0 aliphatic carbocycles. The summed E-state index contributed by atoms with van der Waals surface area (Å²) in [5.41, 5.74) is 2.50. The van der Waals surface area contributed by atoms with Crippen LogP contribution in [0.5, 0.6) is 0 Å². The Morgan fingerprint density at radius 3 is 2.68 bits per heavy atom. The van der Waals surface area contributed by atoms with Crippen LogP contribution in [-0.2, 0) is 4.74 Å². The Bertz CT molecular complexity index is 1130. The van der Waals surface area contributed by atoms with E-state index < -0.39 is 0 Å². The van der Waals surface area contributed by atoms with Gasteiger partial charge in [0.2, 0.25) is 11.7 Å². The van der Waals surface area contributed by atoms with Crippen LogP contribution in [0.25, 0.3) is 22.7 Å². The number of carbonyl (C=O) groups excluding carboxylic acids is 2. The molecular weight excluding hydrogens is 434 g/mol. The minimum Gasteiger partial charge on any atom is -0.431 e. The average Bonchev–Trinajstić information content (AvgIpc) is 3.64. The molecule has 3 heterocycles. The van der Waals surface area contributed by atoms with E-state index in [1.54, 1.807) is 6.07 Å². The molecule has 1 aliphatic rings. The zero-order chi connectivity index (χ0) is 24.1. The first-order chi connectivity index (χ1) is 16.5. The van der Waals surface area contributed by atoms with Crippen LogP contribution in [0.1, 0.15) is 67.5 Å². The van der Waals surface area contributed by atoms with E-state index in [4.69, 9.17) is 9.15 Å². The molecule has 34 heavy (non-hydrogen) atoms. The van der Waals surface area contributed by atoms with Crippen LogP contribution >= 0.6 is 0 Å². The SMILES string of the molecule is CCC(CC)NC(=O)c1cnc(-c2cccc(-c3cc(C(=O)N[C@@H](C)[C@H]4CCCO4)[nH]n3)c2)o1. The van der Waals surface area contributed by atoms with E-state index in [-0.39, 0.29) is 35.8 Å². The highest BCUT2D eigenvalue weighted by atomic mass is 16.5. The summed E-state index contributed by atoms with van der Waals surface area (Å²) in [6.07, 6.45) is 5.15. The molecule has 2 amide bonds. The lowest BCUT2D eigenvalue weighted by Gasteiger charge is -2.19. The van der Waals surface area contributed by atoms with E-state index in [1.807, 2.05) is 45.0 Å². The van der Waals surface area contributed by atoms with Gasteiger partial charge < -0.3 is 19.8 Å². The highest BCUT2D eigenvalue weighted by molar-refractivity contribution is 5.93. The smallest absolute Gasteiger partial charge is 0.288 e. The second-order valence-electron chi connectivity index (χ2n) is 8.58. The predicted octanol–water partition coefficient (Wildman–Crippen LogP) is 3.95. The van der Waals surface area contributed by atoms with Crippen LogP contribution in [0, 0.1) is 0 Å². The number of hydrogen-bond donors (Lipinski definition) is 3. The van der Waals surface area contributed by atoms with Gasteiger partial charge in [-0.1, -0.05) is 26.0 Å². The maximum absolute atomic E-state index is 12.6. The molecule has 180 valence electrons. The molecule has 0 bridgehead atoms. The van der Waals surface area contributed by atoms with Crippen molar-refractivity contribution in [2.75, 3.05) is 6.61 Å². The average molecular weight is 466 g/mol. The maximum atomic E-state index is 12.6. The molecule has 9 heteroatoms. The fourth-order valence-electron chi connectivity index (χ4n) is 4.03. The number of amides is 2. The Balaban J connectivity index is 1.45. The molecule has 1 fully saturated rings. The van der Waals surface area contributed by atoms with Crippen molar-refractivity contribution in [2.24, 2.45) is 0 Å². The molecule has 1 aliphatic heterocycles. The van der Waals surface area contributed by atoms with Crippen molar-refractivity contribution in [1.29, 1.82) is 0 Å². The first-order valence-electron chi connectivity index (χ1n) is 11.8. The number of aromatic nitrogens is 3. The quantitative estimate of drug-likeness (QED) is 0.440. The molecule has 3 N–H and O–H groups in total. The number of nitrogens with one attached hydrogen (secondary N) is 3. The van der Waals surface area contributed by atoms with Crippen LogP contribution in [0.15, 0.2) is 40.9 Å². The van der Waals surface area contributed by atoms with E-state index in [1.165, 1.54) is 6.20 Å². The minimum atomic E-state index is -0.274. The van der Waals surface area contributed by atoms with Crippen molar-refractivity contribution in [3.63, 3.8) is 0 Å². The zero-order valence-electron chi connectivity index (χ0n) is 19.8. The number of hydrogen-bond acceptors (Lipinski definition) is 6. The monoisotopic (exact) mass is 465 g/mol. The van der Waals surface area contributed by atoms with Crippen LogP contribution in [0.3, 0.4) is 0 Å². The third-order valence-corrected chi connectivity index (χ3v) is 6.16. The van der Waals surface area contributed by atoms with Crippen molar-refractivity contribution in [3.8, 4) is 22.7 Å². The molecule has 4 rings (SSSR count). The lowest BCUT2D eigenvalue weighted by atomic mass is 10.1. The van der Waals surface area contributed by atoms with Gasteiger partial charge in [-0.2, -0.15) is 5.10 Å². The predicted molar refractivity (Wildman–Crippen MR) is 127 cm³/mol. The number of rotatable bonds is 9. The van der Waals surface area contributed by atoms with Crippen LogP contribution in [0.2, 0.25) is 0 Å². The van der Waals surface area contributed by atoms with Gasteiger partial charge in [0.1, 0.15) is 5.69 Å². The van der Waals surface area contributed by atoms with Gasteiger partial charge in [-0.15, -0.1) is 0 Å². The third kappa shape index (κ3) is 5.36. The first kappa shape index (κ1) is 23.7. The summed E-state index contributed by atoms with van der Waals surface area (Å²) in [4.78, 5) is 29.3. The fourth-order valence-corrected chi connectivity index (χ4v) is 4.03. The third-order valence-electron chi connectivity index (χ3n) is 6.16. The Labute approximate surface area is 198 Å². The lowest BCUT2D eigenvalue weighted by molar-refractivity contribution is 0.0709. The van der Waals surface area contributed by atoms with Crippen molar-refractivity contribution < 1.29 is 18.7 Å². The molecule has 0 saturated carbocycles. The summed E-state index contributed by atoms with van der Waals surface area (Å²) in [5.74, 6) is 0.0179.